The van der Waals surface area contributed by atoms with Gasteiger partial charge in [-0.15, -0.1) is 0 Å². The van der Waals surface area contributed by atoms with E-state index < -0.39 is 10.0 Å². The SMILES string of the molecule is CS(=O)(=O)Nc1ccc(N)cc1.C[N+]1(C)CC1=O. The Morgan fingerprint density at radius 1 is 1.22 bits per heavy atom. The molecule has 0 radical (unpaired) electrons. The van der Waals surface area contributed by atoms with Crippen LogP contribution < -0.4 is 10.5 Å². The number of likely N-dealkylation sites (N-methyl/N-ethyl adjacent to an activating group) is 1. The van der Waals surface area contributed by atoms with Crippen LogP contribution in [-0.2, 0) is 14.8 Å². The molecule has 0 saturated carbocycles. The Hall–Kier alpha value is -1.60. The Labute approximate surface area is 107 Å². The fourth-order valence-corrected chi connectivity index (χ4v) is 1.63. The molecule has 0 atom stereocenters. The van der Waals surface area contributed by atoms with Gasteiger partial charge in [-0.05, 0) is 24.3 Å². The highest BCUT2D eigenvalue weighted by Crippen LogP contribution is 2.12. The first-order valence-electron chi connectivity index (χ1n) is 5.30. The lowest BCUT2D eigenvalue weighted by molar-refractivity contribution is -0.712. The van der Waals surface area contributed by atoms with Gasteiger partial charge < -0.3 is 5.73 Å². The lowest BCUT2D eigenvalue weighted by atomic mass is 10.3. The van der Waals surface area contributed by atoms with E-state index in [2.05, 4.69) is 4.72 Å². The van der Waals surface area contributed by atoms with Crippen molar-refractivity contribution in [2.75, 3.05) is 37.4 Å². The molecule has 1 aromatic carbocycles. The molecule has 1 aromatic rings. The molecule has 0 spiro atoms. The Balaban J connectivity index is 0.000000225. The molecule has 7 heteroatoms. The summed E-state index contributed by atoms with van der Waals surface area (Å²) in [5, 5.41) is 0. The first-order valence-corrected chi connectivity index (χ1v) is 7.19. The first kappa shape index (κ1) is 14.5. The predicted octanol–water partition coefficient (Wildman–Crippen LogP) is 0.243. The second kappa shape index (κ2) is 4.95. The summed E-state index contributed by atoms with van der Waals surface area (Å²) in [5.41, 5.74) is 6.54. The van der Waals surface area contributed by atoms with Gasteiger partial charge in [0.2, 0.25) is 16.6 Å². The largest absolute Gasteiger partial charge is 0.399 e. The fraction of sp³-hybridized carbons (Fsp3) is 0.364. The zero-order valence-electron chi connectivity index (χ0n) is 10.7. The van der Waals surface area contributed by atoms with Crippen molar-refractivity contribution in [3.05, 3.63) is 24.3 Å². The number of carbonyl (C=O) groups excluding carboxylic acids is 1. The summed E-state index contributed by atoms with van der Waals surface area (Å²) in [6, 6.07) is 6.48. The van der Waals surface area contributed by atoms with Crippen molar-refractivity contribution >= 4 is 27.3 Å². The van der Waals surface area contributed by atoms with Crippen molar-refractivity contribution in [1.29, 1.82) is 0 Å². The van der Waals surface area contributed by atoms with E-state index >= 15 is 0 Å². The van der Waals surface area contributed by atoms with Crippen LogP contribution in [-0.4, -0.2) is 45.7 Å². The average molecular weight is 272 g/mol. The summed E-state index contributed by atoms with van der Waals surface area (Å²) in [6.45, 7) is 0.736. The Morgan fingerprint density at radius 3 is 1.89 bits per heavy atom. The smallest absolute Gasteiger partial charge is 0.369 e. The van der Waals surface area contributed by atoms with Gasteiger partial charge in [0.1, 0.15) is 0 Å². The molecule has 1 heterocycles. The minimum atomic E-state index is -3.18. The lowest BCUT2D eigenvalue weighted by Crippen LogP contribution is -2.12. The molecule has 0 unspecified atom stereocenters. The van der Waals surface area contributed by atoms with Crippen LogP contribution in [0.25, 0.3) is 0 Å². The number of carbonyl (C=O) groups is 1. The third-order valence-electron chi connectivity index (χ3n) is 2.32. The second-order valence-corrected chi connectivity index (χ2v) is 6.48. The van der Waals surface area contributed by atoms with Gasteiger partial charge in [-0.1, -0.05) is 0 Å². The molecule has 2 rings (SSSR count). The van der Waals surface area contributed by atoms with Crippen molar-refractivity contribution in [2.24, 2.45) is 0 Å². The van der Waals surface area contributed by atoms with E-state index in [1.54, 1.807) is 24.3 Å². The van der Waals surface area contributed by atoms with Crippen molar-refractivity contribution < 1.29 is 17.7 Å². The minimum Gasteiger partial charge on any atom is -0.399 e. The van der Waals surface area contributed by atoms with Gasteiger partial charge in [0, 0.05) is 11.4 Å². The summed E-state index contributed by atoms with van der Waals surface area (Å²) in [7, 11) is 0.629. The van der Waals surface area contributed by atoms with Gasteiger partial charge in [0.05, 0.1) is 20.4 Å². The molecule has 1 fully saturated rings. The summed E-state index contributed by atoms with van der Waals surface area (Å²) in [5.74, 6) is 0.343. The Kier molecular flexibility index (Phi) is 3.98. The van der Waals surface area contributed by atoms with Crippen LogP contribution in [0.2, 0.25) is 0 Å². The highest BCUT2D eigenvalue weighted by Gasteiger charge is 2.46. The number of sulfonamides is 1. The van der Waals surface area contributed by atoms with Crippen LogP contribution in [0.4, 0.5) is 11.4 Å². The minimum absolute atomic E-state index is 0.343. The van der Waals surface area contributed by atoms with Crippen LogP contribution in [0.1, 0.15) is 0 Å². The molecule has 3 N–H and O–H groups in total. The van der Waals surface area contributed by atoms with Crippen LogP contribution in [0.15, 0.2) is 24.3 Å². The zero-order chi connectivity index (χ0) is 14.0. The number of hydrogen-bond acceptors (Lipinski definition) is 4. The summed E-state index contributed by atoms with van der Waals surface area (Å²) < 4.78 is 24.4. The maximum Gasteiger partial charge on any atom is 0.369 e. The lowest BCUT2D eigenvalue weighted by Gasteiger charge is -2.02. The molecular formula is C11H18N3O3S+. The van der Waals surface area contributed by atoms with Crippen molar-refractivity contribution in [3.8, 4) is 0 Å². The average Bonchev–Trinajstić information content (AvgIpc) is 2.74. The van der Waals surface area contributed by atoms with E-state index in [0.717, 1.165) is 12.8 Å². The number of rotatable bonds is 2. The number of nitrogens with one attached hydrogen (secondary N) is 1. The number of nitrogens with zero attached hydrogens (tertiary/aromatic N) is 1. The number of amides is 1. The summed E-state index contributed by atoms with van der Waals surface area (Å²) >= 11 is 0. The van der Waals surface area contributed by atoms with Gasteiger partial charge >= 0.3 is 5.91 Å². The van der Waals surface area contributed by atoms with Crippen LogP contribution in [0, 0.1) is 0 Å². The van der Waals surface area contributed by atoms with Gasteiger partial charge in [0.25, 0.3) is 0 Å². The normalized spacial score (nSPS) is 16.5. The standard InChI is InChI=1S/C7H10N2O2S.C4H8NO/c1-12(10,11)9-7-4-2-6(8)3-5-7;1-5(2)3-4(5)6/h2-5,9H,8H2,1H3;3H2,1-2H3/q;+1. The monoisotopic (exact) mass is 272 g/mol. The van der Waals surface area contributed by atoms with Gasteiger partial charge in [-0.2, -0.15) is 0 Å². The number of nitrogens with two attached hydrogens (primary N) is 1. The topological polar surface area (TPSA) is 89.3 Å². The highest BCUT2D eigenvalue weighted by atomic mass is 32.2. The van der Waals surface area contributed by atoms with E-state index in [9.17, 15) is 13.2 Å². The summed E-state index contributed by atoms with van der Waals surface area (Å²) in [4.78, 5) is 10.2. The number of quaternary nitrogens is 1. The number of nitrogen functional groups attached to an aromatic ring is 1. The third kappa shape index (κ3) is 5.15. The van der Waals surface area contributed by atoms with Crippen LogP contribution in [0.3, 0.4) is 0 Å². The molecule has 0 aliphatic carbocycles. The molecule has 0 aromatic heterocycles. The van der Waals surface area contributed by atoms with E-state index in [0.29, 0.717) is 21.8 Å². The Morgan fingerprint density at radius 2 is 1.61 bits per heavy atom. The molecule has 18 heavy (non-hydrogen) atoms. The molecule has 6 nitrogen and oxygen atoms in total. The van der Waals surface area contributed by atoms with E-state index in [4.69, 9.17) is 5.73 Å². The van der Waals surface area contributed by atoms with Crippen molar-refractivity contribution in [2.45, 2.75) is 0 Å². The van der Waals surface area contributed by atoms with E-state index in [-0.39, 0.29) is 0 Å². The molecular weight excluding hydrogens is 254 g/mol. The van der Waals surface area contributed by atoms with Crippen molar-refractivity contribution in [1.82, 2.24) is 0 Å². The molecule has 1 aliphatic heterocycles. The first-order chi connectivity index (χ1) is 8.10. The Bertz CT molecular complexity index is 535. The molecule has 1 saturated heterocycles. The van der Waals surface area contributed by atoms with Crippen molar-refractivity contribution in [3.63, 3.8) is 0 Å². The van der Waals surface area contributed by atoms with Crippen LogP contribution in [0.5, 0.6) is 0 Å². The predicted molar refractivity (Wildman–Crippen MR) is 71.3 cm³/mol. The third-order valence-corrected chi connectivity index (χ3v) is 2.92. The maximum absolute atomic E-state index is 10.7. The van der Waals surface area contributed by atoms with Gasteiger partial charge in [-0.25, -0.2) is 17.7 Å². The number of benzene rings is 1. The van der Waals surface area contributed by atoms with Crippen LogP contribution >= 0.6 is 0 Å². The highest BCUT2D eigenvalue weighted by molar-refractivity contribution is 7.92. The molecule has 100 valence electrons. The van der Waals surface area contributed by atoms with Gasteiger partial charge in [0.15, 0.2) is 0 Å². The van der Waals surface area contributed by atoms with Gasteiger partial charge in [-0.3, -0.25) is 4.72 Å². The maximum atomic E-state index is 10.7. The fourth-order valence-electron chi connectivity index (χ4n) is 1.07. The summed E-state index contributed by atoms with van der Waals surface area (Å²) in [6.07, 6.45) is 1.10. The molecule has 0 bridgehead atoms. The molecule has 1 amide bonds. The number of hydrogen-bond donors (Lipinski definition) is 2. The quantitative estimate of drug-likeness (QED) is 0.458. The number of anilines is 2. The van der Waals surface area contributed by atoms with E-state index in [1.807, 2.05) is 14.1 Å². The van der Waals surface area contributed by atoms with E-state index in [1.165, 1.54) is 0 Å². The zero-order valence-corrected chi connectivity index (χ0v) is 11.5. The molecule has 1 aliphatic rings. The second-order valence-electron chi connectivity index (χ2n) is 4.73.